The molecule has 5 atom stereocenters. The molecule has 1 aromatic carbocycles. The minimum Gasteiger partial charge on any atom is -0.480 e. The number of carbonyl (C=O) groups excluding carboxylic acids is 6. The SMILES string of the molecule is CC(C)(NC(=O)[C@H](CCCNC(N)=O)NC(=O)[C@H](CCCCN)NC(=O)[C@@H](N)CS)C(=O)N[C@@H](Cc1c[nH]c2ccccc12)C(=O)N[C@@H](CS)C(=O)O. The van der Waals surface area contributed by atoms with Gasteiger partial charge in [-0.3, -0.25) is 24.0 Å². The molecule has 0 aliphatic carbocycles. The summed E-state index contributed by atoms with van der Waals surface area (Å²) in [6.45, 7) is 3.20. The number of carboxylic acids is 1. The van der Waals surface area contributed by atoms with Crippen LogP contribution in [0.25, 0.3) is 10.9 Å². The lowest BCUT2D eigenvalue weighted by atomic mass is 9.99. The van der Waals surface area contributed by atoms with E-state index in [0.717, 1.165) is 10.9 Å². The lowest BCUT2D eigenvalue weighted by Crippen LogP contribution is -2.63. The number of hydrogen-bond donors (Lipinski definition) is 13. The van der Waals surface area contributed by atoms with E-state index in [9.17, 15) is 38.7 Å². The van der Waals surface area contributed by atoms with Gasteiger partial charge >= 0.3 is 12.0 Å². The number of aromatic amines is 1. The molecule has 53 heavy (non-hydrogen) atoms. The zero-order chi connectivity index (χ0) is 39.7. The average molecular weight is 781 g/mol. The van der Waals surface area contributed by atoms with Crippen LogP contribution in [0.2, 0.25) is 0 Å². The molecule has 20 heteroatoms. The van der Waals surface area contributed by atoms with Crippen LogP contribution < -0.4 is 49.1 Å². The number of hydrogen-bond acceptors (Lipinski definition) is 11. The average Bonchev–Trinajstić information content (AvgIpc) is 3.52. The molecule has 0 saturated carbocycles. The van der Waals surface area contributed by atoms with Crippen LogP contribution in [0.15, 0.2) is 30.5 Å². The molecule has 0 spiro atoms. The summed E-state index contributed by atoms with van der Waals surface area (Å²) in [6.07, 6.45) is 3.04. The highest BCUT2D eigenvalue weighted by molar-refractivity contribution is 7.80. The van der Waals surface area contributed by atoms with E-state index in [1.807, 2.05) is 18.2 Å². The predicted octanol–water partition coefficient (Wildman–Crippen LogP) is -1.61. The van der Waals surface area contributed by atoms with Gasteiger partial charge in [-0.05, 0) is 64.1 Å². The van der Waals surface area contributed by atoms with Gasteiger partial charge in [0.05, 0.1) is 6.04 Å². The number of fused-ring (bicyclic) bond motifs is 1. The van der Waals surface area contributed by atoms with E-state index in [1.54, 1.807) is 12.3 Å². The fourth-order valence-electron chi connectivity index (χ4n) is 5.16. The maximum Gasteiger partial charge on any atom is 0.327 e. The van der Waals surface area contributed by atoms with Gasteiger partial charge in [0.15, 0.2) is 0 Å². The third kappa shape index (κ3) is 14.4. The highest BCUT2D eigenvalue weighted by atomic mass is 32.1. The molecule has 0 aliphatic heterocycles. The number of nitrogens with two attached hydrogens (primary N) is 3. The van der Waals surface area contributed by atoms with E-state index in [0.29, 0.717) is 24.9 Å². The number of aromatic nitrogens is 1. The molecule has 2 aromatic rings. The summed E-state index contributed by atoms with van der Waals surface area (Å²) in [5.74, 6) is -5.18. The summed E-state index contributed by atoms with van der Waals surface area (Å²) in [7, 11) is 0. The first-order valence-electron chi connectivity index (χ1n) is 17.1. The maximum atomic E-state index is 13.8. The van der Waals surface area contributed by atoms with E-state index in [-0.39, 0.29) is 43.7 Å². The Hall–Kier alpha value is -4.53. The van der Waals surface area contributed by atoms with Crippen LogP contribution in [0, 0.1) is 0 Å². The second-order valence-electron chi connectivity index (χ2n) is 12.9. The summed E-state index contributed by atoms with van der Waals surface area (Å²) in [5.41, 5.74) is 16.3. The summed E-state index contributed by atoms with van der Waals surface area (Å²) >= 11 is 8.04. The van der Waals surface area contributed by atoms with Crippen molar-refractivity contribution in [3.8, 4) is 0 Å². The highest BCUT2D eigenvalue weighted by Gasteiger charge is 2.37. The van der Waals surface area contributed by atoms with Gasteiger partial charge < -0.3 is 59.2 Å². The van der Waals surface area contributed by atoms with Crippen LogP contribution >= 0.6 is 25.3 Å². The van der Waals surface area contributed by atoms with Crippen molar-refractivity contribution >= 4 is 77.7 Å². The summed E-state index contributed by atoms with van der Waals surface area (Å²) in [4.78, 5) is 93.0. The standard InChI is InChI=1S/C33H52N10O8S2/c1-33(2,31(50)42-24(28(46)41-25(17-53)30(48)49)14-18-15-38-21-9-4-3-8-19(18)21)43-29(47)23(11-7-13-37-32(36)51)40-27(45)22(10-5-6-12-34)39-26(44)20(35)16-52/h3-4,8-9,15,20,22-25,38,52-53H,5-7,10-14,16-17,34-35H2,1-2H3,(H,39,44)(H,40,45)(H,41,46)(H,42,50)(H,43,47)(H,48,49)(H3,36,37,51)/t20-,22-,23-,24-,25-/m0/s1. The van der Waals surface area contributed by atoms with Crippen LogP contribution in [-0.4, -0.2) is 112 Å². The fraction of sp³-hybridized carbons (Fsp3) is 0.545. The summed E-state index contributed by atoms with van der Waals surface area (Å²) in [5, 5.41) is 25.6. The molecule has 0 aliphatic rings. The van der Waals surface area contributed by atoms with Crippen molar-refractivity contribution in [1.29, 1.82) is 0 Å². The minimum absolute atomic E-state index is 0.0128. The highest BCUT2D eigenvalue weighted by Crippen LogP contribution is 2.20. The first-order valence-corrected chi connectivity index (χ1v) is 18.3. The molecule has 294 valence electrons. The fourth-order valence-corrected chi connectivity index (χ4v) is 5.57. The van der Waals surface area contributed by atoms with Gasteiger partial charge in [0, 0.05) is 41.6 Å². The Morgan fingerprint density at radius 2 is 1.42 bits per heavy atom. The van der Waals surface area contributed by atoms with Crippen LogP contribution in [0.3, 0.4) is 0 Å². The molecular formula is C33H52N10O8S2. The molecule has 1 aromatic heterocycles. The molecule has 0 saturated heterocycles. The number of unbranched alkanes of at least 4 members (excludes halogenated alkanes) is 1. The smallest absolute Gasteiger partial charge is 0.327 e. The topological polar surface area (TPSA) is 306 Å². The maximum absolute atomic E-state index is 13.8. The Morgan fingerprint density at radius 1 is 0.811 bits per heavy atom. The number of primary amides is 1. The minimum atomic E-state index is -1.69. The molecule has 0 fully saturated rings. The van der Waals surface area contributed by atoms with E-state index in [2.05, 4.69) is 62.1 Å². The quantitative estimate of drug-likeness (QED) is 0.0452. The Morgan fingerprint density at radius 3 is 2.04 bits per heavy atom. The van der Waals surface area contributed by atoms with Gasteiger partial charge in [0.1, 0.15) is 29.7 Å². The van der Waals surface area contributed by atoms with Crippen molar-refractivity contribution in [2.24, 2.45) is 17.2 Å². The molecular weight excluding hydrogens is 729 g/mol. The van der Waals surface area contributed by atoms with Crippen LogP contribution in [0.1, 0.15) is 51.5 Å². The van der Waals surface area contributed by atoms with Crippen molar-refractivity contribution in [2.75, 3.05) is 24.6 Å². The third-order valence-corrected chi connectivity index (χ3v) is 8.99. The van der Waals surface area contributed by atoms with Crippen LogP contribution in [0.5, 0.6) is 0 Å². The van der Waals surface area contributed by atoms with Gasteiger partial charge in [-0.15, -0.1) is 0 Å². The van der Waals surface area contributed by atoms with Crippen LogP contribution in [0.4, 0.5) is 4.79 Å². The first kappa shape index (κ1) is 44.6. The Kier molecular flexibility index (Phi) is 18.4. The number of benzene rings is 1. The van der Waals surface area contributed by atoms with Gasteiger partial charge in [-0.25, -0.2) is 9.59 Å². The van der Waals surface area contributed by atoms with Gasteiger partial charge in [0.2, 0.25) is 29.5 Å². The molecule has 7 amide bonds. The number of para-hydroxylation sites is 1. The molecule has 0 unspecified atom stereocenters. The van der Waals surface area contributed by atoms with Crippen molar-refractivity contribution < 1.29 is 38.7 Å². The molecule has 2 rings (SSSR count). The normalized spacial score (nSPS) is 14.2. The lowest BCUT2D eigenvalue weighted by molar-refractivity contribution is -0.142. The third-order valence-electron chi connectivity index (χ3n) is 8.24. The van der Waals surface area contributed by atoms with Crippen molar-refractivity contribution in [3.05, 3.63) is 36.0 Å². The monoisotopic (exact) mass is 780 g/mol. The molecule has 1 heterocycles. The van der Waals surface area contributed by atoms with Crippen molar-refractivity contribution in [2.45, 2.75) is 88.1 Å². The number of urea groups is 1. The second-order valence-corrected chi connectivity index (χ2v) is 13.6. The summed E-state index contributed by atoms with van der Waals surface area (Å²) < 4.78 is 0. The van der Waals surface area contributed by atoms with E-state index >= 15 is 0 Å². The van der Waals surface area contributed by atoms with Crippen molar-refractivity contribution in [1.82, 2.24) is 36.9 Å². The van der Waals surface area contributed by atoms with Crippen molar-refractivity contribution in [3.63, 3.8) is 0 Å². The first-order chi connectivity index (χ1) is 25.0. The number of carbonyl (C=O) groups is 7. The zero-order valence-corrected chi connectivity index (χ0v) is 31.6. The van der Waals surface area contributed by atoms with E-state index < -0.39 is 77.3 Å². The van der Waals surface area contributed by atoms with E-state index in [4.69, 9.17) is 17.2 Å². The Bertz CT molecular complexity index is 1590. The number of thiol groups is 2. The number of amides is 7. The molecule has 14 N–H and O–H groups in total. The Labute approximate surface area is 318 Å². The number of aliphatic carboxylic acids is 1. The summed E-state index contributed by atoms with van der Waals surface area (Å²) in [6, 6.07) is 0.557. The number of rotatable bonds is 23. The largest absolute Gasteiger partial charge is 0.480 e. The van der Waals surface area contributed by atoms with Gasteiger partial charge in [0.25, 0.3) is 0 Å². The lowest BCUT2D eigenvalue weighted by Gasteiger charge is -2.31. The van der Waals surface area contributed by atoms with Crippen LogP contribution in [-0.2, 0) is 35.2 Å². The van der Waals surface area contributed by atoms with Gasteiger partial charge in [-0.1, -0.05) is 18.2 Å². The zero-order valence-electron chi connectivity index (χ0n) is 29.8. The van der Waals surface area contributed by atoms with Gasteiger partial charge in [-0.2, -0.15) is 25.3 Å². The number of H-pyrrole nitrogens is 1. The predicted molar refractivity (Wildman–Crippen MR) is 205 cm³/mol. The van der Waals surface area contributed by atoms with E-state index in [1.165, 1.54) is 13.8 Å². The number of carboxylic acid groups (broad SMARTS) is 1. The number of nitrogens with one attached hydrogen (secondary N) is 7. The molecule has 0 radical (unpaired) electrons. The Balaban J connectivity index is 2.32. The second kappa shape index (κ2) is 21.9. The molecule has 0 bridgehead atoms. The molecule has 18 nitrogen and oxygen atoms in total.